The number of likely N-dealkylation sites (tertiary alicyclic amines) is 1. The van der Waals surface area contributed by atoms with Gasteiger partial charge in [0.15, 0.2) is 0 Å². The van der Waals surface area contributed by atoms with E-state index in [1.165, 1.54) is 43.6 Å². The average molecular weight is 275 g/mol. The third-order valence-corrected chi connectivity index (χ3v) is 4.52. The molecule has 1 unspecified atom stereocenters. The molecule has 1 aliphatic rings. The number of aryl methyl sites for hydroxylation is 1. The molecular weight excluding hydrogens is 246 g/mol. The number of benzene rings is 1. The molecule has 1 aliphatic heterocycles. The highest BCUT2D eigenvalue weighted by atomic mass is 15.2. The van der Waals surface area contributed by atoms with Gasteiger partial charge < -0.3 is 10.6 Å². The van der Waals surface area contributed by atoms with E-state index in [1.807, 2.05) is 0 Å². The summed E-state index contributed by atoms with van der Waals surface area (Å²) in [5, 5.41) is 0. The van der Waals surface area contributed by atoms with E-state index in [1.54, 1.807) is 0 Å². The van der Waals surface area contributed by atoms with Gasteiger partial charge in [0.05, 0.1) is 0 Å². The van der Waals surface area contributed by atoms with E-state index in [9.17, 15) is 0 Å². The van der Waals surface area contributed by atoms with E-state index >= 15 is 0 Å². The van der Waals surface area contributed by atoms with Gasteiger partial charge in [-0.3, -0.25) is 4.90 Å². The van der Waals surface area contributed by atoms with Crippen LogP contribution in [0.5, 0.6) is 0 Å². The van der Waals surface area contributed by atoms with Gasteiger partial charge in [-0.2, -0.15) is 0 Å². The first kappa shape index (κ1) is 15.5. The Morgan fingerprint density at radius 2 is 1.95 bits per heavy atom. The average Bonchev–Trinajstić information content (AvgIpc) is 3.00. The molecule has 0 spiro atoms. The smallest absolute Gasteiger partial charge is 0.0470 e. The van der Waals surface area contributed by atoms with Crippen LogP contribution in [0.2, 0.25) is 0 Å². The summed E-state index contributed by atoms with van der Waals surface area (Å²) >= 11 is 0. The lowest BCUT2D eigenvalue weighted by atomic mass is 9.97. The monoisotopic (exact) mass is 275 g/mol. The predicted molar refractivity (Wildman–Crippen MR) is 85.9 cm³/mol. The Morgan fingerprint density at radius 1 is 1.25 bits per heavy atom. The highest BCUT2D eigenvalue weighted by Gasteiger charge is 2.19. The second kappa shape index (κ2) is 7.77. The molecule has 3 heteroatoms. The van der Waals surface area contributed by atoms with E-state index in [0.717, 1.165) is 13.0 Å². The Kier molecular flexibility index (Phi) is 6.02. The Morgan fingerprint density at radius 3 is 2.60 bits per heavy atom. The molecule has 0 amide bonds. The quantitative estimate of drug-likeness (QED) is 0.828. The number of nitrogens with zero attached hydrogens (tertiary/aromatic N) is 2. The van der Waals surface area contributed by atoms with Crippen LogP contribution < -0.4 is 5.73 Å². The summed E-state index contributed by atoms with van der Waals surface area (Å²) in [7, 11) is 2.21. The summed E-state index contributed by atoms with van der Waals surface area (Å²) in [6.45, 7) is 7.71. The molecule has 3 nitrogen and oxygen atoms in total. The van der Waals surface area contributed by atoms with Crippen LogP contribution in [0.4, 0.5) is 0 Å². The fourth-order valence-corrected chi connectivity index (χ4v) is 3.19. The van der Waals surface area contributed by atoms with E-state index in [-0.39, 0.29) is 0 Å². The standard InChI is InChI=1S/C17H29N3/c1-3-15-8-4-5-9-16(15)17(14-18)19(2)12-13-20-10-6-7-11-20/h4-5,8-9,17H,3,6-7,10-14,18H2,1-2H3. The minimum Gasteiger partial charge on any atom is -0.329 e. The second-order valence-electron chi connectivity index (χ2n) is 5.83. The Balaban J connectivity index is 1.98. The molecule has 112 valence electrons. The van der Waals surface area contributed by atoms with Gasteiger partial charge in [0, 0.05) is 25.7 Å². The van der Waals surface area contributed by atoms with E-state index < -0.39 is 0 Å². The molecule has 1 atom stereocenters. The van der Waals surface area contributed by atoms with Crippen LogP contribution in [0.25, 0.3) is 0 Å². The van der Waals surface area contributed by atoms with Crippen molar-refractivity contribution in [2.24, 2.45) is 5.73 Å². The Labute approximate surface area is 123 Å². The normalized spacial score (nSPS) is 17.8. The van der Waals surface area contributed by atoms with E-state index in [0.29, 0.717) is 12.6 Å². The van der Waals surface area contributed by atoms with E-state index in [2.05, 4.69) is 48.0 Å². The lowest BCUT2D eigenvalue weighted by Gasteiger charge is -2.30. The van der Waals surface area contributed by atoms with E-state index in [4.69, 9.17) is 5.73 Å². The molecule has 1 saturated heterocycles. The Bertz CT molecular complexity index is 399. The zero-order valence-corrected chi connectivity index (χ0v) is 13.0. The van der Waals surface area contributed by atoms with Gasteiger partial charge in [0.1, 0.15) is 0 Å². The fourth-order valence-electron chi connectivity index (χ4n) is 3.19. The van der Waals surface area contributed by atoms with Crippen LogP contribution in [-0.2, 0) is 6.42 Å². The number of likely N-dealkylation sites (N-methyl/N-ethyl adjacent to an activating group) is 1. The number of nitrogens with two attached hydrogens (primary N) is 1. The molecule has 0 bridgehead atoms. The summed E-state index contributed by atoms with van der Waals surface area (Å²) in [5.74, 6) is 0. The summed E-state index contributed by atoms with van der Waals surface area (Å²) in [6, 6.07) is 9.06. The first-order chi connectivity index (χ1) is 9.76. The molecule has 0 aromatic heterocycles. The maximum Gasteiger partial charge on any atom is 0.0470 e. The van der Waals surface area contributed by atoms with Gasteiger partial charge in [-0.1, -0.05) is 31.2 Å². The molecule has 1 aromatic rings. The lowest BCUT2D eigenvalue weighted by molar-refractivity contribution is 0.209. The van der Waals surface area contributed by atoms with Crippen molar-refractivity contribution >= 4 is 0 Å². The van der Waals surface area contributed by atoms with Crippen molar-refractivity contribution in [2.75, 3.05) is 39.8 Å². The zero-order valence-electron chi connectivity index (χ0n) is 13.0. The highest BCUT2D eigenvalue weighted by Crippen LogP contribution is 2.22. The molecule has 1 heterocycles. The largest absolute Gasteiger partial charge is 0.329 e. The maximum absolute atomic E-state index is 6.06. The topological polar surface area (TPSA) is 32.5 Å². The molecule has 2 rings (SSSR count). The molecule has 0 aliphatic carbocycles. The van der Waals surface area contributed by atoms with Crippen molar-refractivity contribution in [3.63, 3.8) is 0 Å². The highest BCUT2D eigenvalue weighted by molar-refractivity contribution is 5.30. The predicted octanol–water partition coefficient (Wildman–Crippen LogP) is 2.28. The van der Waals surface area contributed by atoms with Crippen molar-refractivity contribution in [1.29, 1.82) is 0 Å². The number of hydrogen-bond donors (Lipinski definition) is 1. The van der Waals surface area contributed by atoms with Crippen LogP contribution >= 0.6 is 0 Å². The van der Waals surface area contributed by atoms with Crippen molar-refractivity contribution < 1.29 is 0 Å². The first-order valence-corrected chi connectivity index (χ1v) is 7.96. The van der Waals surface area contributed by atoms with Crippen LogP contribution in [-0.4, -0.2) is 49.6 Å². The minimum atomic E-state index is 0.341. The maximum atomic E-state index is 6.06. The molecule has 0 radical (unpaired) electrons. The second-order valence-corrected chi connectivity index (χ2v) is 5.83. The van der Waals surface area contributed by atoms with Gasteiger partial charge in [0.25, 0.3) is 0 Å². The fraction of sp³-hybridized carbons (Fsp3) is 0.647. The number of hydrogen-bond acceptors (Lipinski definition) is 3. The Hall–Kier alpha value is -0.900. The van der Waals surface area contributed by atoms with Crippen molar-refractivity contribution in [3.8, 4) is 0 Å². The molecule has 2 N–H and O–H groups in total. The van der Waals surface area contributed by atoms with Crippen LogP contribution in [0.1, 0.15) is 36.9 Å². The van der Waals surface area contributed by atoms with Gasteiger partial charge in [-0.25, -0.2) is 0 Å². The van der Waals surface area contributed by atoms with Crippen LogP contribution in [0.3, 0.4) is 0 Å². The van der Waals surface area contributed by atoms with Gasteiger partial charge in [0.2, 0.25) is 0 Å². The lowest BCUT2D eigenvalue weighted by Crippen LogP contribution is -2.37. The van der Waals surface area contributed by atoms with Crippen molar-refractivity contribution in [2.45, 2.75) is 32.2 Å². The van der Waals surface area contributed by atoms with Gasteiger partial charge >= 0.3 is 0 Å². The molecule has 1 aromatic carbocycles. The van der Waals surface area contributed by atoms with Gasteiger partial charge in [-0.15, -0.1) is 0 Å². The third kappa shape index (κ3) is 3.81. The number of rotatable bonds is 7. The summed E-state index contributed by atoms with van der Waals surface area (Å²) in [5.41, 5.74) is 8.89. The SMILES string of the molecule is CCc1ccccc1C(CN)N(C)CCN1CCCC1. The van der Waals surface area contributed by atoms with Crippen LogP contribution in [0.15, 0.2) is 24.3 Å². The van der Waals surface area contributed by atoms with Crippen molar-refractivity contribution in [1.82, 2.24) is 9.80 Å². The summed E-state index contributed by atoms with van der Waals surface area (Å²) in [6.07, 6.45) is 3.80. The molecular formula is C17H29N3. The first-order valence-electron chi connectivity index (χ1n) is 7.96. The minimum absolute atomic E-state index is 0.341. The summed E-state index contributed by atoms with van der Waals surface area (Å²) in [4.78, 5) is 4.99. The van der Waals surface area contributed by atoms with Crippen LogP contribution in [0, 0.1) is 0 Å². The van der Waals surface area contributed by atoms with Crippen molar-refractivity contribution in [3.05, 3.63) is 35.4 Å². The molecule has 20 heavy (non-hydrogen) atoms. The molecule has 0 saturated carbocycles. The van der Waals surface area contributed by atoms with Gasteiger partial charge in [-0.05, 0) is 50.5 Å². The summed E-state index contributed by atoms with van der Waals surface area (Å²) < 4.78 is 0. The third-order valence-electron chi connectivity index (χ3n) is 4.52. The molecule has 1 fully saturated rings. The zero-order chi connectivity index (χ0) is 14.4.